The quantitative estimate of drug-likeness (QED) is 0.389. The third-order valence-corrected chi connectivity index (χ3v) is 8.90. The van der Waals surface area contributed by atoms with Gasteiger partial charge >= 0.3 is 0 Å². The average molecular weight is 540 g/mol. The van der Waals surface area contributed by atoms with Gasteiger partial charge in [0.15, 0.2) is 0 Å². The van der Waals surface area contributed by atoms with Gasteiger partial charge in [0.1, 0.15) is 12.4 Å². The van der Waals surface area contributed by atoms with Gasteiger partial charge in [-0.15, -0.1) is 0 Å². The number of ether oxygens (including phenoxy) is 1. The van der Waals surface area contributed by atoms with Crippen LogP contribution in [0.2, 0.25) is 5.02 Å². The summed E-state index contributed by atoms with van der Waals surface area (Å²) >= 11 is 6.25. The smallest absolute Gasteiger partial charge is 0.235 e. The Hall–Kier alpha value is -2.57. The molecule has 2 heterocycles. The lowest BCUT2D eigenvalue weighted by Crippen LogP contribution is -2.47. The minimum Gasteiger partial charge on any atom is -0.492 e. The minimum absolute atomic E-state index is 0.0244. The number of fused-ring (bicyclic) bond motifs is 2. The Morgan fingerprint density at radius 2 is 1.92 bits per heavy atom. The molecule has 1 saturated heterocycles. The van der Waals surface area contributed by atoms with E-state index >= 15 is 0 Å². The van der Waals surface area contributed by atoms with Crippen LogP contribution in [0.25, 0.3) is 0 Å². The molecule has 7 heteroatoms. The van der Waals surface area contributed by atoms with Crippen molar-refractivity contribution < 1.29 is 14.3 Å². The number of nitrogens with zero attached hydrogens (tertiary/aromatic N) is 1. The predicted molar refractivity (Wildman–Crippen MR) is 154 cm³/mol. The van der Waals surface area contributed by atoms with Crippen LogP contribution in [0.5, 0.6) is 5.75 Å². The van der Waals surface area contributed by atoms with Crippen LogP contribution in [0, 0.1) is 11.8 Å². The van der Waals surface area contributed by atoms with Gasteiger partial charge in [-0.05, 0) is 97.6 Å². The molecule has 0 aromatic heterocycles. The molecule has 206 valence electrons. The number of hydrogen-bond donors (Lipinski definition) is 2. The highest BCUT2D eigenvalue weighted by Gasteiger charge is 2.48. The van der Waals surface area contributed by atoms with Crippen LogP contribution in [0.3, 0.4) is 0 Å². The van der Waals surface area contributed by atoms with Crippen molar-refractivity contribution in [3.63, 3.8) is 0 Å². The van der Waals surface area contributed by atoms with Gasteiger partial charge in [0.05, 0.1) is 5.41 Å². The molecule has 6 nitrogen and oxygen atoms in total. The van der Waals surface area contributed by atoms with E-state index in [2.05, 4.69) is 54.5 Å². The molecule has 2 aromatic carbocycles. The van der Waals surface area contributed by atoms with Gasteiger partial charge < -0.3 is 15.4 Å². The molecule has 1 fully saturated rings. The van der Waals surface area contributed by atoms with Crippen molar-refractivity contribution in [3.05, 3.63) is 58.1 Å². The lowest BCUT2D eigenvalue weighted by Gasteiger charge is -2.38. The summed E-state index contributed by atoms with van der Waals surface area (Å²) in [5, 5.41) is 6.76. The summed E-state index contributed by atoms with van der Waals surface area (Å²) in [5.41, 5.74) is 4.13. The molecular formula is C31H42ClN3O3. The second kappa shape index (κ2) is 12.5. The molecule has 2 atom stereocenters. The summed E-state index contributed by atoms with van der Waals surface area (Å²) in [5.74, 6) is 1.92. The molecule has 0 bridgehead atoms. The molecule has 2 aliphatic rings. The first-order valence-electron chi connectivity index (χ1n) is 14.1. The fraction of sp³-hybridized carbons (Fsp3) is 0.548. The van der Waals surface area contributed by atoms with Crippen molar-refractivity contribution in [1.29, 1.82) is 0 Å². The van der Waals surface area contributed by atoms with E-state index in [-0.39, 0.29) is 11.8 Å². The van der Waals surface area contributed by atoms with Gasteiger partial charge in [0.2, 0.25) is 11.8 Å². The SMILES string of the molecule is CCc1ccc(OCCN2CCC3(CC2)C(=O)Nc2ccc(Cl)cc23)cc1CC(CNC(C)=O)C(C)CC. The summed E-state index contributed by atoms with van der Waals surface area (Å²) in [7, 11) is 0. The van der Waals surface area contributed by atoms with Crippen LogP contribution in [0.1, 0.15) is 63.6 Å². The maximum absolute atomic E-state index is 12.9. The summed E-state index contributed by atoms with van der Waals surface area (Å²) in [4.78, 5) is 26.8. The minimum atomic E-state index is -0.466. The Bertz CT molecular complexity index is 1140. The molecule has 2 N–H and O–H groups in total. The van der Waals surface area contributed by atoms with Gasteiger partial charge in [-0.2, -0.15) is 0 Å². The van der Waals surface area contributed by atoms with Crippen molar-refractivity contribution >= 4 is 29.1 Å². The second-order valence-electron chi connectivity index (χ2n) is 11.0. The molecule has 0 saturated carbocycles. The highest BCUT2D eigenvalue weighted by molar-refractivity contribution is 6.31. The summed E-state index contributed by atoms with van der Waals surface area (Å²) in [6.45, 7) is 12.1. The number of carbonyl (C=O) groups excluding carboxylic acids is 2. The van der Waals surface area contributed by atoms with E-state index in [1.807, 2.05) is 18.2 Å². The van der Waals surface area contributed by atoms with Gasteiger partial charge in [-0.3, -0.25) is 14.5 Å². The van der Waals surface area contributed by atoms with E-state index in [4.69, 9.17) is 16.3 Å². The number of anilines is 1. The number of nitrogens with one attached hydrogen (secondary N) is 2. The number of halogens is 1. The first kappa shape index (κ1) is 28.4. The Labute approximate surface area is 232 Å². The van der Waals surface area contributed by atoms with E-state index < -0.39 is 5.41 Å². The molecule has 0 radical (unpaired) electrons. The van der Waals surface area contributed by atoms with E-state index in [9.17, 15) is 9.59 Å². The standard InChI is InChI=1S/C31H42ClN3O3/c1-5-21(3)25(20-33-22(4)36)17-24-18-27(9-7-23(24)6-2)38-16-15-35-13-11-31(12-14-35)28-19-26(32)8-10-29(28)34-30(31)37/h7-10,18-19,21,25H,5-6,11-17,20H2,1-4H3,(H,33,36)(H,34,37). The number of piperidine rings is 1. The second-order valence-corrected chi connectivity index (χ2v) is 11.4. The third kappa shape index (κ3) is 6.35. The molecule has 2 aliphatic heterocycles. The fourth-order valence-electron chi connectivity index (χ4n) is 5.93. The van der Waals surface area contributed by atoms with Crippen LogP contribution in [-0.2, 0) is 27.8 Å². The van der Waals surface area contributed by atoms with E-state index in [1.54, 1.807) is 6.92 Å². The summed E-state index contributed by atoms with van der Waals surface area (Å²) in [6, 6.07) is 12.1. The van der Waals surface area contributed by atoms with E-state index in [0.29, 0.717) is 30.0 Å². The average Bonchev–Trinajstić information content (AvgIpc) is 3.17. The first-order valence-corrected chi connectivity index (χ1v) is 14.5. The fourth-order valence-corrected chi connectivity index (χ4v) is 6.10. The molecule has 1 spiro atoms. The number of hydrogen-bond acceptors (Lipinski definition) is 4. The number of aryl methyl sites for hydroxylation is 1. The van der Waals surface area contributed by atoms with Crippen LogP contribution in [0.15, 0.2) is 36.4 Å². The number of rotatable bonds is 11. The van der Waals surface area contributed by atoms with E-state index in [0.717, 1.165) is 68.7 Å². The highest BCUT2D eigenvalue weighted by Crippen LogP contribution is 2.45. The van der Waals surface area contributed by atoms with Crippen LogP contribution in [0.4, 0.5) is 5.69 Å². The topological polar surface area (TPSA) is 70.7 Å². The van der Waals surface area contributed by atoms with Crippen LogP contribution >= 0.6 is 11.6 Å². The lowest BCUT2D eigenvalue weighted by atomic mass is 9.73. The number of amides is 2. The highest BCUT2D eigenvalue weighted by atomic mass is 35.5. The number of carbonyl (C=O) groups is 2. The Balaban J connectivity index is 1.33. The maximum Gasteiger partial charge on any atom is 0.235 e. The molecular weight excluding hydrogens is 498 g/mol. The maximum atomic E-state index is 12.9. The largest absolute Gasteiger partial charge is 0.492 e. The molecule has 2 aromatic rings. The summed E-state index contributed by atoms with van der Waals surface area (Å²) in [6.07, 6.45) is 4.55. The summed E-state index contributed by atoms with van der Waals surface area (Å²) < 4.78 is 6.22. The van der Waals surface area contributed by atoms with Crippen LogP contribution in [-0.4, -0.2) is 49.5 Å². The zero-order chi connectivity index (χ0) is 27.3. The van der Waals surface area contributed by atoms with Crippen molar-refractivity contribution in [1.82, 2.24) is 10.2 Å². The van der Waals surface area contributed by atoms with Gasteiger partial charge in [-0.25, -0.2) is 0 Å². The molecule has 0 aliphatic carbocycles. The molecule has 2 amide bonds. The number of likely N-dealkylation sites (tertiary alicyclic amines) is 1. The van der Waals surface area contributed by atoms with Gasteiger partial charge in [0.25, 0.3) is 0 Å². The first-order chi connectivity index (χ1) is 18.3. The lowest BCUT2D eigenvalue weighted by molar-refractivity contribution is -0.122. The normalized spacial score (nSPS) is 18.1. The van der Waals surface area contributed by atoms with Gasteiger partial charge in [0, 0.05) is 30.7 Å². The molecule has 2 unspecified atom stereocenters. The van der Waals surface area contributed by atoms with Crippen molar-refractivity contribution in [2.45, 2.75) is 65.2 Å². The Kier molecular flexibility index (Phi) is 9.37. The van der Waals surface area contributed by atoms with Crippen molar-refractivity contribution in [2.75, 3.05) is 38.1 Å². The zero-order valence-corrected chi connectivity index (χ0v) is 24.0. The van der Waals surface area contributed by atoms with Crippen LogP contribution < -0.4 is 15.4 Å². The third-order valence-electron chi connectivity index (χ3n) is 8.67. The molecule has 38 heavy (non-hydrogen) atoms. The zero-order valence-electron chi connectivity index (χ0n) is 23.2. The molecule has 4 rings (SSSR count). The predicted octanol–water partition coefficient (Wildman–Crippen LogP) is 5.61. The van der Waals surface area contributed by atoms with E-state index in [1.165, 1.54) is 11.1 Å². The number of benzene rings is 2. The Morgan fingerprint density at radius 3 is 2.61 bits per heavy atom. The Morgan fingerprint density at radius 1 is 1.16 bits per heavy atom. The van der Waals surface area contributed by atoms with Gasteiger partial charge in [-0.1, -0.05) is 44.9 Å². The monoisotopic (exact) mass is 539 g/mol. The van der Waals surface area contributed by atoms with Crippen molar-refractivity contribution in [3.8, 4) is 5.75 Å². The van der Waals surface area contributed by atoms with Crippen molar-refractivity contribution in [2.24, 2.45) is 11.8 Å².